The Morgan fingerprint density at radius 2 is 2.31 bits per heavy atom. The molecule has 1 heterocycles. The molecule has 1 unspecified atom stereocenters. The molecule has 0 saturated carbocycles. The standard InChI is InChI=1S/C10H14ClNO3S/c1-6-3-16-8(7(6)11)9(14)12-4-10(2,15)5-13/h3,13,15H,4-5H2,1-2H3,(H,12,14). The van der Waals surface area contributed by atoms with E-state index in [0.717, 1.165) is 5.56 Å². The third kappa shape index (κ3) is 3.18. The normalized spacial score (nSPS) is 14.6. The van der Waals surface area contributed by atoms with Crippen molar-refractivity contribution in [3.63, 3.8) is 0 Å². The molecule has 6 heteroatoms. The van der Waals surface area contributed by atoms with Crippen molar-refractivity contribution < 1.29 is 15.0 Å². The van der Waals surface area contributed by atoms with Crippen molar-refractivity contribution in [1.29, 1.82) is 0 Å². The molecule has 0 saturated heterocycles. The second kappa shape index (κ2) is 5.14. The van der Waals surface area contributed by atoms with E-state index in [1.165, 1.54) is 18.3 Å². The largest absolute Gasteiger partial charge is 0.393 e. The third-order valence-corrected chi connectivity index (χ3v) is 3.77. The van der Waals surface area contributed by atoms with Gasteiger partial charge in [0.05, 0.1) is 11.6 Å². The summed E-state index contributed by atoms with van der Waals surface area (Å²) in [6.07, 6.45) is 0. The molecule has 0 aromatic carbocycles. The molecule has 1 amide bonds. The van der Waals surface area contributed by atoms with E-state index in [0.29, 0.717) is 9.90 Å². The van der Waals surface area contributed by atoms with Crippen LogP contribution in [0.1, 0.15) is 22.2 Å². The van der Waals surface area contributed by atoms with E-state index >= 15 is 0 Å². The quantitative estimate of drug-likeness (QED) is 0.764. The fourth-order valence-electron chi connectivity index (χ4n) is 0.990. The molecule has 0 radical (unpaired) electrons. The number of aliphatic hydroxyl groups excluding tert-OH is 1. The predicted octanol–water partition coefficient (Wildman–Crippen LogP) is 1.18. The highest BCUT2D eigenvalue weighted by molar-refractivity contribution is 7.13. The number of nitrogens with one attached hydrogen (secondary N) is 1. The Balaban J connectivity index is 2.64. The molecule has 1 atom stereocenters. The lowest BCUT2D eigenvalue weighted by atomic mass is 10.1. The van der Waals surface area contributed by atoms with Crippen molar-refractivity contribution in [2.75, 3.05) is 13.2 Å². The van der Waals surface area contributed by atoms with Crippen LogP contribution in [0.25, 0.3) is 0 Å². The lowest BCUT2D eigenvalue weighted by molar-refractivity contribution is 0.00323. The predicted molar refractivity (Wildman–Crippen MR) is 64.1 cm³/mol. The highest BCUT2D eigenvalue weighted by Crippen LogP contribution is 2.26. The van der Waals surface area contributed by atoms with E-state index in [-0.39, 0.29) is 12.5 Å². The lowest BCUT2D eigenvalue weighted by Crippen LogP contribution is -2.43. The highest BCUT2D eigenvalue weighted by Gasteiger charge is 2.21. The van der Waals surface area contributed by atoms with Crippen LogP contribution in [0.5, 0.6) is 0 Å². The topological polar surface area (TPSA) is 69.6 Å². The highest BCUT2D eigenvalue weighted by atomic mass is 35.5. The van der Waals surface area contributed by atoms with E-state index in [4.69, 9.17) is 16.7 Å². The fraction of sp³-hybridized carbons (Fsp3) is 0.500. The van der Waals surface area contributed by atoms with E-state index in [9.17, 15) is 9.90 Å². The van der Waals surface area contributed by atoms with Gasteiger partial charge in [-0.2, -0.15) is 0 Å². The molecule has 0 bridgehead atoms. The Hall–Kier alpha value is -0.620. The Morgan fingerprint density at radius 1 is 1.69 bits per heavy atom. The van der Waals surface area contributed by atoms with Crippen molar-refractivity contribution in [2.24, 2.45) is 0 Å². The molecule has 0 aliphatic carbocycles. The molecular formula is C10H14ClNO3S. The van der Waals surface area contributed by atoms with Gasteiger partial charge in [-0.25, -0.2) is 0 Å². The average Bonchev–Trinajstić information content (AvgIpc) is 2.57. The van der Waals surface area contributed by atoms with E-state index in [1.807, 2.05) is 6.92 Å². The summed E-state index contributed by atoms with van der Waals surface area (Å²) in [4.78, 5) is 12.1. The Labute approximate surface area is 103 Å². The number of carbonyl (C=O) groups excluding carboxylic acids is 1. The SMILES string of the molecule is Cc1csc(C(=O)NCC(C)(O)CO)c1Cl. The maximum absolute atomic E-state index is 11.7. The van der Waals surface area contributed by atoms with Crippen molar-refractivity contribution in [1.82, 2.24) is 5.32 Å². The minimum absolute atomic E-state index is 0.0182. The van der Waals surface area contributed by atoms with Crippen molar-refractivity contribution in [2.45, 2.75) is 19.4 Å². The van der Waals surface area contributed by atoms with Crippen LogP contribution < -0.4 is 5.32 Å². The summed E-state index contributed by atoms with van der Waals surface area (Å²) in [7, 11) is 0. The summed E-state index contributed by atoms with van der Waals surface area (Å²) in [5, 5.41) is 23.1. The van der Waals surface area contributed by atoms with E-state index in [1.54, 1.807) is 5.38 Å². The molecule has 1 rings (SSSR count). The van der Waals surface area contributed by atoms with Gasteiger partial charge in [0, 0.05) is 6.54 Å². The van der Waals surface area contributed by atoms with Crippen LogP contribution in [0.15, 0.2) is 5.38 Å². The van der Waals surface area contributed by atoms with E-state index < -0.39 is 12.2 Å². The van der Waals surface area contributed by atoms with Gasteiger partial charge in [0.1, 0.15) is 10.5 Å². The minimum Gasteiger partial charge on any atom is -0.393 e. The Bertz CT molecular complexity index is 389. The first-order chi connectivity index (χ1) is 7.37. The molecule has 1 aromatic heterocycles. The molecule has 1 aromatic rings. The van der Waals surface area contributed by atoms with Crippen molar-refractivity contribution >= 4 is 28.8 Å². The van der Waals surface area contributed by atoms with Crippen LogP contribution in [0.3, 0.4) is 0 Å². The maximum atomic E-state index is 11.7. The van der Waals surface area contributed by atoms with Gasteiger partial charge in [0.15, 0.2) is 0 Å². The Kier molecular flexibility index (Phi) is 4.32. The number of hydrogen-bond acceptors (Lipinski definition) is 4. The third-order valence-electron chi connectivity index (χ3n) is 2.08. The van der Waals surface area contributed by atoms with Crippen LogP contribution >= 0.6 is 22.9 Å². The van der Waals surface area contributed by atoms with Gasteiger partial charge in [0.2, 0.25) is 0 Å². The number of carbonyl (C=O) groups is 1. The lowest BCUT2D eigenvalue weighted by Gasteiger charge is -2.20. The zero-order valence-corrected chi connectivity index (χ0v) is 10.7. The summed E-state index contributed by atoms with van der Waals surface area (Å²) in [5.41, 5.74) is -0.459. The monoisotopic (exact) mass is 263 g/mol. The molecule has 0 aliphatic heterocycles. The number of hydrogen-bond donors (Lipinski definition) is 3. The van der Waals surface area contributed by atoms with Gasteiger partial charge in [0.25, 0.3) is 5.91 Å². The second-order valence-electron chi connectivity index (χ2n) is 3.90. The van der Waals surface area contributed by atoms with Crippen LogP contribution in [0.4, 0.5) is 0 Å². The molecule has 4 nitrogen and oxygen atoms in total. The average molecular weight is 264 g/mol. The summed E-state index contributed by atoms with van der Waals surface area (Å²) in [6, 6.07) is 0. The van der Waals surface area contributed by atoms with Crippen LogP contribution in [0, 0.1) is 6.92 Å². The molecule has 0 aliphatic rings. The number of amides is 1. The molecule has 90 valence electrons. The maximum Gasteiger partial charge on any atom is 0.262 e. The molecule has 0 spiro atoms. The zero-order chi connectivity index (χ0) is 12.3. The van der Waals surface area contributed by atoms with Crippen molar-refractivity contribution in [3.8, 4) is 0 Å². The van der Waals surface area contributed by atoms with Gasteiger partial charge in [-0.3, -0.25) is 4.79 Å². The number of aliphatic hydroxyl groups is 2. The number of halogens is 1. The smallest absolute Gasteiger partial charge is 0.262 e. The minimum atomic E-state index is -1.31. The summed E-state index contributed by atoms with van der Waals surface area (Å²) in [5.74, 6) is -0.336. The van der Waals surface area contributed by atoms with Crippen LogP contribution in [0.2, 0.25) is 5.02 Å². The van der Waals surface area contributed by atoms with Crippen molar-refractivity contribution in [3.05, 3.63) is 20.8 Å². The van der Waals surface area contributed by atoms with Gasteiger partial charge in [-0.05, 0) is 24.8 Å². The number of thiophene rings is 1. The molecule has 3 N–H and O–H groups in total. The van der Waals surface area contributed by atoms with Gasteiger partial charge < -0.3 is 15.5 Å². The fourth-order valence-corrected chi connectivity index (χ4v) is 2.18. The number of rotatable bonds is 4. The molecule has 0 fully saturated rings. The first-order valence-corrected chi connectivity index (χ1v) is 5.98. The van der Waals surface area contributed by atoms with Gasteiger partial charge in [-0.15, -0.1) is 11.3 Å². The first-order valence-electron chi connectivity index (χ1n) is 4.72. The summed E-state index contributed by atoms with van der Waals surface area (Å²) >= 11 is 7.18. The number of aryl methyl sites for hydroxylation is 1. The zero-order valence-electron chi connectivity index (χ0n) is 9.08. The van der Waals surface area contributed by atoms with E-state index in [2.05, 4.69) is 5.32 Å². The van der Waals surface area contributed by atoms with Gasteiger partial charge >= 0.3 is 0 Å². The molecular weight excluding hydrogens is 250 g/mol. The molecule has 16 heavy (non-hydrogen) atoms. The van der Waals surface area contributed by atoms with Gasteiger partial charge in [-0.1, -0.05) is 11.6 Å². The first kappa shape index (κ1) is 13.4. The summed E-state index contributed by atoms with van der Waals surface area (Å²) < 4.78 is 0. The summed E-state index contributed by atoms with van der Waals surface area (Å²) in [6.45, 7) is 2.83. The second-order valence-corrected chi connectivity index (χ2v) is 5.16. The van der Waals surface area contributed by atoms with Crippen LogP contribution in [-0.2, 0) is 0 Å². The Morgan fingerprint density at radius 3 is 2.75 bits per heavy atom. The van der Waals surface area contributed by atoms with Crippen LogP contribution in [-0.4, -0.2) is 34.9 Å².